The van der Waals surface area contributed by atoms with Crippen LogP contribution in [0.4, 0.5) is 0 Å². The lowest BCUT2D eigenvalue weighted by Gasteiger charge is -2.33. The predicted molar refractivity (Wildman–Crippen MR) is 106 cm³/mol. The molecule has 2 amide bonds. The number of aryl methyl sites for hydroxylation is 1. The van der Waals surface area contributed by atoms with Crippen molar-refractivity contribution in [2.24, 2.45) is 0 Å². The molecule has 1 aliphatic heterocycles. The SMILES string of the molecule is CCOc1ccc(C)cc1C(C)NC(=O)/C(C#N)=C\N1CCN(C(C)=O)CC1. The first-order chi connectivity index (χ1) is 13.3. The molecule has 1 aliphatic rings. The number of nitrogens with zero attached hydrogens (tertiary/aromatic N) is 3. The molecule has 1 fully saturated rings. The van der Waals surface area contributed by atoms with Crippen LogP contribution in [0, 0.1) is 18.3 Å². The van der Waals surface area contributed by atoms with Gasteiger partial charge in [0.05, 0.1) is 12.6 Å². The number of carbonyl (C=O) groups excluding carboxylic acids is 2. The summed E-state index contributed by atoms with van der Waals surface area (Å²) in [7, 11) is 0. The van der Waals surface area contributed by atoms with Crippen LogP contribution >= 0.6 is 0 Å². The molecule has 1 saturated heterocycles. The maximum absolute atomic E-state index is 12.6. The van der Waals surface area contributed by atoms with Crippen LogP contribution in [0.25, 0.3) is 0 Å². The molecule has 0 radical (unpaired) electrons. The highest BCUT2D eigenvalue weighted by atomic mass is 16.5. The van der Waals surface area contributed by atoms with Gasteiger partial charge in [-0.15, -0.1) is 0 Å². The fraction of sp³-hybridized carbons (Fsp3) is 0.476. The van der Waals surface area contributed by atoms with E-state index in [0.717, 1.165) is 16.9 Å². The van der Waals surface area contributed by atoms with Gasteiger partial charge in [0.15, 0.2) is 0 Å². The van der Waals surface area contributed by atoms with Crippen molar-refractivity contribution < 1.29 is 14.3 Å². The topological polar surface area (TPSA) is 85.7 Å². The number of amides is 2. The third-order valence-electron chi connectivity index (χ3n) is 4.72. The summed E-state index contributed by atoms with van der Waals surface area (Å²) in [6.45, 7) is 10.2. The third-order valence-corrected chi connectivity index (χ3v) is 4.72. The molecular formula is C21H28N4O3. The van der Waals surface area contributed by atoms with Crippen molar-refractivity contribution in [2.45, 2.75) is 33.7 Å². The van der Waals surface area contributed by atoms with E-state index in [2.05, 4.69) is 5.32 Å². The Morgan fingerprint density at radius 1 is 1.32 bits per heavy atom. The highest BCUT2D eigenvalue weighted by molar-refractivity contribution is 5.97. The Labute approximate surface area is 166 Å². The monoisotopic (exact) mass is 384 g/mol. The van der Waals surface area contributed by atoms with Crippen LogP contribution in [0.15, 0.2) is 30.0 Å². The first-order valence-electron chi connectivity index (χ1n) is 9.51. The summed E-state index contributed by atoms with van der Waals surface area (Å²) in [6.07, 6.45) is 1.58. The average molecular weight is 384 g/mol. The summed E-state index contributed by atoms with van der Waals surface area (Å²) in [4.78, 5) is 27.7. The van der Waals surface area contributed by atoms with Gasteiger partial charge in [-0.2, -0.15) is 5.26 Å². The Kier molecular flexibility index (Phi) is 7.44. The van der Waals surface area contributed by atoms with Gasteiger partial charge in [-0.1, -0.05) is 17.7 Å². The minimum absolute atomic E-state index is 0.0407. The standard InChI is InChI=1S/C21H28N4O3/c1-5-28-20-7-6-15(2)12-19(20)16(3)23-21(27)18(13-22)14-24-8-10-25(11-9-24)17(4)26/h6-7,12,14,16H,5,8-11H2,1-4H3,(H,23,27)/b18-14-. The second kappa shape index (κ2) is 9.79. The van der Waals surface area contributed by atoms with E-state index in [-0.39, 0.29) is 17.5 Å². The lowest BCUT2D eigenvalue weighted by molar-refractivity contribution is -0.130. The number of hydrogen-bond acceptors (Lipinski definition) is 5. The lowest BCUT2D eigenvalue weighted by atomic mass is 10.0. The minimum atomic E-state index is -0.423. The number of piperazine rings is 1. The molecule has 0 saturated carbocycles. The first-order valence-corrected chi connectivity index (χ1v) is 9.51. The summed E-state index contributed by atoms with van der Waals surface area (Å²) in [5.74, 6) is 0.343. The fourth-order valence-corrected chi connectivity index (χ4v) is 3.13. The zero-order chi connectivity index (χ0) is 20.7. The lowest BCUT2D eigenvalue weighted by Crippen LogP contribution is -2.46. The summed E-state index contributed by atoms with van der Waals surface area (Å²) >= 11 is 0. The van der Waals surface area contributed by atoms with Crippen molar-refractivity contribution in [1.29, 1.82) is 5.26 Å². The maximum Gasteiger partial charge on any atom is 0.263 e. The number of benzene rings is 1. The van der Waals surface area contributed by atoms with E-state index in [1.807, 2.05) is 49.9 Å². The number of hydrogen-bond donors (Lipinski definition) is 1. The minimum Gasteiger partial charge on any atom is -0.494 e. The summed E-state index contributed by atoms with van der Waals surface area (Å²) in [5.41, 5.74) is 2.00. The maximum atomic E-state index is 12.6. The van der Waals surface area contributed by atoms with E-state index in [1.54, 1.807) is 18.0 Å². The molecule has 7 heteroatoms. The van der Waals surface area contributed by atoms with Crippen molar-refractivity contribution in [3.63, 3.8) is 0 Å². The van der Waals surface area contributed by atoms with E-state index < -0.39 is 5.91 Å². The van der Waals surface area contributed by atoms with Gasteiger partial charge in [-0.3, -0.25) is 9.59 Å². The Morgan fingerprint density at radius 2 is 2.00 bits per heavy atom. The zero-order valence-corrected chi connectivity index (χ0v) is 17.0. The van der Waals surface area contributed by atoms with Gasteiger partial charge >= 0.3 is 0 Å². The zero-order valence-electron chi connectivity index (χ0n) is 17.0. The smallest absolute Gasteiger partial charge is 0.263 e. The summed E-state index contributed by atoms with van der Waals surface area (Å²) < 4.78 is 5.66. The van der Waals surface area contributed by atoms with Crippen LogP contribution < -0.4 is 10.1 Å². The Morgan fingerprint density at radius 3 is 2.57 bits per heavy atom. The van der Waals surface area contributed by atoms with E-state index in [1.165, 1.54) is 0 Å². The van der Waals surface area contributed by atoms with Crippen LogP contribution in [-0.2, 0) is 9.59 Å². The second-order valence-electron chi connectivity index (χ2n) is 6.87. The quantitative estimate of drug-likeness (QED) is 0.600. The van der Waals surface area contributed by atoms with E-state index in [0.29, 0.717) is 32.8 Å². The molecule has 28 heavy (non-hydrogen) atoms. The largest absolute Gasteiger partial charge is 0.494 e. The highest BCUT2D eigenvalue weighted by Crippen LogP contribution is 2.26. The Balaban J connectivity index is 2.07. The number of rotatable bonds is 6. The Bertz CT molecular complexity index is 789. The van der Waals surface area contributed by atoms with Crippen molar-refractivity contribution in [3.05, 3.63) is 41.1 Å². The first kappa shape index (κ1) is 21.3. The molecule has 7 nitrogen and oxygen atoms in total. The number of ether oxygens (including phenoxy) is 1. The van der Waals surface area contributed by atoms with E-state index in [9.17, 15) is 14.9 Å². The van der Waals surface area contributed by atoms with Crippen molar-refractivity contribution in [1.82, 2.24) is 15.1 Å². The number of carbonyl (C=O) groups is 2. The number of nitrogens with one attached hydrogen (secondary N) is 1. The molecule has 0 bridgehead atoms. The van der Waals surface area contributed by atoms with Crippen molar-refractivity contribution >= 4 is 11.8 Å². The molecule has 0 aromatic heterocycles. The molecular weight excluding hydrogens is 356 g/mol. The molecule has 1 atom stereocenters. The molecule has 0 aliphatic carbocycles. The molecule has 2 rings (SSSR count). The van der Waals surface area contributed by atoms with Crippen molar-refractivity contribution in [2.75, 3.05) is 32.8 Å². The van der Waals surface area contributed by atoms with Gasteiger partial charge in [0, 0.05) is 44.9 Å². The van der Waals surface area contributed by atoms with Crippen LogP contribution in [0.3, 0.4) is 0 Å². The molecule has 1 N–H and O–H groups in total. The van der Waals surface area contributed by atoms with Gasteiger partial charge < -0.3 is 19.9 Å². The van der Waals surface area contributed by atoms with Crippen LogP contribution in [-0.4, -0.2) is 54.4 Å². The molecule has 1 unspecified atom stereocenters. The van der Waals surface area contributed by atoms with Gasteiger partial charge in [-0.25, -0.2) is 0 Å². The Hall–Kier alpha value is -3.01. The summed E-state index contributed by atoms with van der Waals surface area (Å²) in [6, 6.07) is 7.52. The van der Waals surface area contributed by atoms with Gasteiger partial charge in [0.2, 0.25) is 5.91 Å². The number of nitriles is 1. The van der Waals surface area contributed by atoms with Gasteiger partial charge in [0.25, 0.3) is 5.91 Å². The summed E-state index contributed by atoms with van der Waals surface area (Å²) in [5, 5.41) is 12.3. The van der Waals surface area contributed by atoms with Crippen LogP contribution in [0.1, 0.15) is 37.9 Å². The van der Waals surface area contributed by atoms with E-state index in [4.69, 9.17) is 4.74 Å². The van der Waals surface area contributed by atoms with Gasteiger partial charge in [-0.05, 0) is 26.8 Å². The second-order valence-corrected chi connectivity index (χ2v) is 6.87. The molecule has 1 aromatic rings. The molecule has 1 aromatic carbocycles. The normalized spacial score (nSPS) is 15.6. The van der Waals surface area contributed by atoms with Gasteiger partial charge in [0.1, 0.15) is 17.4 Å². The fourth-order valence-electron chi connectivity index (χ4n) is 3.13. The van der Waals surface area contributed by atoms with E-state index >= 15 is 0 Å². The van der Waals surface area contributed by atoms with Crippen LogP contribution in [0.2, 0.25) is 0 Å². The molecule has 150 valence electrons. The molecule has 1 heterocycles. The predicted octanol–water partition coefficient (Wildman–Crippen LogP) is 2.14. The molecule has 0 spiro atoms. The average Bonchev–Trinajstić information content (AvgIpc) is 2.67. The highest BCUT2D eigenvalue weighted by Gasteiger charge is 2.20. The van der Waals surface area contributed by atoms with Crippen molar-refractivity contribution in [3.8, 4) is 11.8 Å². The van der Waals surface area contributed by atoms with Crippen LogP contribution in [0.5, 0.6) is 5.75 Å². The third kappa shape index (κ3) is 5.49.